The SMILES string of the molecule is O=C(N/N=C/c1cc(Br)cc(Br)c1O)c1cccnc1. The molecule has 102 valence electrons. The number of halogens is 2. The van der Waals surface area contributed by atoms with Gasteiger partial charge in [0.15, 0.2) is 0 Å². The molecule has 20 heavy (non-hydrogen) atoms. The molecule has 1 heterocycles. The van der Waals surface area contributed by atoms with Crippen LogP contribution in [0.5, 0.6) is 5.75 Å². The molecule has 2 aromatic rings. The van der Waals surface area contributed by atoms with Gasteiger partial charge >= 0.3 is 0 Å². The Hall–Kier alpha value is -1.73. The average Bonchev–Trinajstić information content (AvgIpc) is 2.44. The first-order valence-electron chi connectivity index (χ1n) is 5.49. The number of phenolic OH excluding ortho intramolecular Hbond substituents is 1. The molecule has 0 atom stereocenters. The fourth-order valence-electron chi connectivity index (χ4n) is 1.41. The Bertz CT molecular complexity index is 660. The number of carbonyl (C=O) groups is 1. The lowest BCUT2D eigenvalue weighted by Crippen LogP contribution is -2.17. The zero-order chi connectivity index (χ0) is 14.5. The van der Waals surface area contributed by atoms with Crippen LogP contribution in [-0.2, 0) is 0 Å². The highest BCUT2D eigenvalue weighted by Gasteiger charge is 2.06. The van der Waals surface area contributed by atoms with Crippen molar-refractivity contribution in [1.29, 1.82) is 0 Å². The fourth-order valence-corrected chi connectivity index (χ4v) is 2.66. The lowest BCUT2D eigenvalue weighted by atomic mass is 10.2. The van der Waals surface area contributed by atoms with Crippen molar-refractivity contribution < 1.29 is 9.90 Å². The van der Waals surface area contributed by atoms with Crippen molar-refractivity contribution in [2.45, 2.75) is 0 Å². The van der Waals surface area contributed by atoms with E-state index in [9.17, 15) is 9.90 Å². The van der Waals surface area contributed by atoms with Gasteiger partial charge in [-0.05, 0) is 40.2 Å². The Balaban J connectivity index is 2.10. The van der Waals surface area contributed by atoms with E-state index in [1.54, 1.807) is 30.5 Å². The smallest absolute Gasteiger partial charge is 0.272 e. The van der Waals surface area contributed by atoms with E-state index in [4.69, 9.17) is 0 Å². The van der Waals surface area contributed by atoms with Crippen LogP contribution in [0, 0.1) is 0 Å². The molecule has 0 saturated heterocycles. The number of amides is 1. The molecule has 0 aliphatic rings. The minimum absolute atomic E-state index is 0.0487. The Morgan fingerprint density at radius 2 is 2.20 bits per heavy atom. The second kappa shape index (κ2) is 6.62. The lowest BCUT2D eigenvalue weighted by Gasteiger charge is -2.03. The molecule has 0 saturated carbocycles. The number of nitrogens with one attached hydrogen (secondary N) is 1. The van der Waals surface area contributed by atoms with E-state index in [0.29, 0.717) is 15.6 Å². The van der Waals surface area contributed by atoms with Crippen molar-refractivity contribution >= 4 is 44.0 Å². The molecule has 0 spiro atoms. The number of hydrazone groups is 1. The van der Waals surface area contributed by atoms with Crippen molar-refractivity contribution in [1.82, 2.24) is 10.4 Å². The maximum absolute atomic E-state index is 11.7. The third-order valence-electron chi connectivity index (χ3n) is 2.35. The van der Waals surface area contributed by atoms with E-state index in [2.05, 4.69) is 47.4 Å². The number of hydrogen-bond acceptors (Lipinski definition) is 4. The standard InChI is InChI=1S/C13H9Br2N3O2/c14-10-4-9(12(19)11(15)5-10)7-17-18-13(20)8-2-1-3-16-6-8/h1-7,19H,(H,18,20)/b17-7+. The summed E-state index contributed by atoms with van der Waals surface area (Å²) in [6, 6.07) is 6.68. The van der Waals surface area contributed by atoms with Gasteiger partial charge in [0.2, 0.25) is 0 Å². The van der Waals surface area contributed by atoms with Crippen LogP contribution in [0.1, 0.15) is 15.9 Å². The Morgan fingerprint density at radius 3 is 2.90 bits per heavy atom. The van der Waals surface area contributed by atoms with E-state index in [0.717, 1.165) is 4.47 Å². The highest BCUT2D eigenvalue weighted by atomic mass is 79.9. The molecular formula is C13H9Br2N3O2. The van der Waals surface area contributed by atoms with E-state index in [1.807, 2.05) is 0 Å². The van der Waals surface area contributed by atoms with Gasteiger partial charge in [0, 0.05) is 22.4 Å². The summed E-state index contributed by atoms with van der Waals surface area (Å²) in [4.78, 5) is 15.6. The third kappa shape index (κ3) is 3.64. The number of pyridine rings is 1. The summed E-state index contributed by atoms with van der Waals surface area (Å²) in [5.41, 5.74) is 3.24. The zero-order valence-electron chi connectivity index (χ0n) is 10.0. The van der Waals surface area contributed by atoms with Crippen LogP contribution in [0.25, 0.3) is 0 Å². The minimum Gasteiger partial charge on any atom is -0.506 e. The van der Waals surface area contributed by atoms with Crippen molar-refractivity contribution in [3.8, 4) is 5.75 Å². The monoisotopic (exact) mass is 397 g/mol. The zero-order valence-corrected chi connectivity index (χ0v) is 13.2. The topological polar surface area (TPSA) is 74.6 Å². The average molecular weight is 399 g/mol. The summed E-state index contributed by atoms with van der Waals surface area (Å²) in [5, 5.41) is 13.6. The number of benzene rings is 1. The van der Waals surface area contributed by atoms with Gasteiger partial charge in [0.05, 0.1) is 16.3 Å². The van der Waals surface area contributed by atoms with E-state index in [1.165, 1.54) is 12.4 Å². The Morgan fingerprint density at radius 1 is 1.40 bits per heavy atom. The van der Waals surface area contributed by atoms with Gasteiger partial charge in [0.25, 0.3) is 5.91 Å². The van der Waals surface area contributed by atoms with Gasteiger partial charge in [-0.15, -0.1) is 0 Å². The number of rotatable bonds is 3. The molecule has 0 aliphatic carbocycles. The number of phenols is 1. The van der Waals surface area contributed by atoms with Crippen molar-refractivity contribution in [2.24, 2.45) is 5.10 Å². The first kappa shape index (κ1) is 14.7. The first-order valence-corrected chi connectivity index (χ1v) is 7.08. The Labute approximate surface area is 132 Å². The first-order chi connectivity index (χ1) is 9.58. The molecule has 1 aromatic carbocycles. The molecule has 2 rings (SSSR count). The minimum atomic E-state index is -0.372. The van der Waals surface area contributed by atoms with Crippen LogP contribution in [0.4, 0.5) is 0 Å². The molecule has 0 fully saturated rings. The predicted molar refractivity (Wildman–Crippen MR) is 82.8 cm³/mol. The van der Waals surface area contributed by atoms with E-state index < -0.39 is 0 Å². The lowest BCUT2D eigenvalue weighted by molar-refractivity contribution is 0.0954. The molecule has 1 aromatic heterocycles. The normalized spacial score (nSPS) is 10.7. The molecule has 0 unspecified atom stereocenters. The van der Waals surface area contributed by atoms with Crippen LogP contribution < -0.4 is 5.43 Å². The number of aromatic hydroxyl groups is 1. The molecule has 7 heteroatoms. The maximum Gasteiger partial charge on any atom is 0.272 e. The summed E-state index contributed by atoms with van der Waals surface area (Å²) < 4.78 is 1.31. The Kier molecular flexibility index (Phi) is 4.86. The number of aromatic nitrogens is 1. The van der Waals surface area contributed by atoms with Gasteiger partial charge in [-0.3, -0.25) is 9.78 Å². The largest absolute Gasteiger partial charge is 0.506 e. The number of carbonyl (C=O) groups excluding carboxylic acids is 1. The summed E-state index contributed by atoms with van der Waals surface area (Å²) >= 11 is 6.52. The van der Waals surface area contributed by atoms with Crippen molar-refractivity contribution in [3.05, 3.63) is 56.7 Å². The summed E-state index contributed by atoms with van der Waals surface area (Å²) in [5.74, 6) is -0.324. The molecule has 1 amide bonds. The quantitative estimate of drug-likeness (QED) is 0.616. The van der Waals surface area contributed by atoms with Crippen LogP contribution in [0.15, 0.2) is 50.7 Å². The molecule has 0 aliphatic heterocycles. The third-order valence-corrected chi connectivity index (χ3v) is 3.41. The number of nitrogens with zero attached hydrogens (tertiary/aromatic N) is 2. The molecule has 0 radical (unpaired) electrons. The molecule has 0 bridgehead atoms. The van der Waals surface area contributed by atoms with Gasteiger partial charge in [0.1, 0.15) is 5.75 Å². The summed E-state index contributed by atoms with van der Waals surface area (Å²) in [6.45, 7) is 0. The molecular weight excluding hydrogens is 390 g/mol. The highest BCUT2D eigenvalue weighted by Crippen LogP contribution is 2.30. The second-order valence-electron chi connectivity index (χ2n) is 3.77. The molecule has 2 N–H and O–H groups in total. The van der Waals surface area contributed by atoms with Gasteiger partial charge in [-0.2, -0.15) is 5.10 Å². The van der Waals surface area contributed by atoms with Crippen molar-refractivity contribution in [3.63, 3.8) is 0 Å². The second-order valence-corrected chi connectivity index (χ2v) is 5.54. The van der Waals surface area contributed by atoms with Gasteiger partial charge in [-0.25, -0.2) is 5.43 Å². The summed E-state index contributed by atoms with van der Waals surface area (Å²) in [7, 11) is 0. The van der Waals surface area contributed by atoms with Gasteiger partial charge < -0.3 is 5.11 Å². The highest BCUT2D eigenvalue weighted by molar-refractivity contribution is 9.11. The number of hydrogen-bond donors (Lipinski definition) is 2. The van der Waals surface area contributed by atoms with Crippen molar-refractivity contribution in [2.75, 3.05) is 0 Å². The summed E-state index contributed by atoms with van der Waals surface area (Å²) in [6.07, 6.45) is 4.38. The van der Waals surface area contributed by atoms with Crippen LogP contribution in [-0.4, -0.2) is 22.2 Å². The van der Waals surface area contributed by atoms with E-state index in [-0.39, 0.29) is 11.7 Å². The fraction of sp³-hybridized carbons (Fsp3) is 0. The predicted octanol–water partition coefficient (Wildman–Crippen LogP) is 3.08. The van der Waals surface area contributed by atoms with Crippen LogP contribution >= 0.6 is 31.9 Å². The molecule has 5 nitrogen and oxygen atoms in total. The van der Waals surface area contributed by atoms with Gasteiger partial charge in [-0.1, -0.05) is 15.9 Å². The van der Waals surface area contributed by atoms with Crippen LogP contribution in [0.3, 0.4) is 0 Å². The van der Waals surface area contributed by atoms with E-state index >= 15 is 0 Å². The van der Waals surface area contributed by atoms with Crippen LogP contribution in [0.2, 0.25) is 0 Å². The maximum atomic E-state index is 11.7.